The summed E-state index contributed by atoms with van der Waals surface area (Å²) >= 11 is 5.69. The number of methoxy groups -OCH3 is 2. The van der Waals surface area contributed by atoms with E-state index in [-0.39, 0.29) is 81.2 Å². The zero-order valence-corrected chi connectivity index (χ0v) is 54.1. The average molecular weight is 1310 g/mol. The van der Waals surface area contributed by atoms with Crippen molar-refractivity contribution in [3.8, 4) is 0 Å². The lowest BCUT2D eigenvalue weighted by molar-refractivity contribution is -0.150. The highest BCUT2D eigenvalue weighted by Gasteiger charge is 2.49. The van der Waals surface area contributed by atoms with E-state index in [4.69, 9.17) is 9.47 Å². The van der Waals surface area contributed by atoms with Crippen LogP contribution in [0.25, 0.3) is 0 Å². The summed E-state index contributed by atoms with van der Waals surface area (Å²) in [6.45, 7) is 16.1. The summed E-state index contributed by atoms with van der Waals surface area (Å²) in [5.74, 6) is -0.276. The van der Waals surface area contributed by atoms with E-state index in [1.807, 2.05) is 19.6 Å². The van der Waals surface area contributed by atoms with Gasteiger partial charge in [0.05, 0.1) is 26.1 Å². The lowest BCUT2D eigenvalue weighted by Gasteiger charge is -2.39. The van der Waals surface area contributed by atoms with Gasteiger partial charge in [-0.25, -0.2) is 24.0 Å². The highest BCUT2D eigenvalue weighted by Crippen LogP contribution is 2.29. The van der Waals surface area contributed by atoms with Crippen molar-refractivity contribution in [3.63, 3.8) is 0 Å². The third kappa shape index (κ3) is 52.6. The molecule has 0 aromatic rings. The van der Waals surface area contributed by atoms with E-state index in [0.717, 1.165) is 85.7 Å². The standard InChI is InChI=1S/C32H52N4O9S4.C9H12O5.2C6H10O3.C4H6O2/c1-5-26(39)44-19-20-45-27(40)12-13-29(42)49-24-10-17-35-30(33(2)14-7-23-48-28(41)11-6-18-37)31(34(25-38)15-8-21-46-3)36(32(35)43)16-9-22-47-4;1-2-8(11)13-6-7-14-9(12)4-3-5-10;2*1-3-6(7)9-5-4-8-2;5-3-1-2-4-6/h5,18,25,30-31H,1,6-17,19-24H2,2-4H3;2,5H,1,3-4,6-7H2;2*3H,1,4-5H2,2H3;3-4H,1-2H2. The second-order valence-corrected chi connectivity index (χ2v) is 21.2. The first-order valence-corrected chi connectivity index (χ1v) is 32.1. The Bertz CT molecular complexity index is 2010. The lowest BCUT2D eigenvalue weighted by Crippen LogP contribution is -2.57. The molecule has 0 radical (unpaired) electrons. The number of amides is 3. The molecule has 0 aromatic carbocycles. The first kappa shape index (κ1) is 87.3. The van der Waals surface area contributed by atoms with Gasteiger partial charge in [-0.2, -0.15) is 23.5 Å². The quantitative estimate of drug-likeness (QED) is 0.0261. The Kier molecular flexibility index (Phi) is 64.5. The van der Waals surface area contributed by atoms with Gasteiger partial charge in [-0.15, -0.1) is 0 Å². The van der Waals surface area contributed by atoms with Crippen LogP contribution in [0, 0.1) is 0 Å². The summed E-state index contributed by atoms with van der Waals surface area (Å²) in [4.78, 5) is 163. The number of nitrogens with zero attached hydrogens (tertiary/aromatic N) is 4. The van der Waals surface area contributed by atoms with Gasteiger partial charge in [0.15, 0.2) is 10.2 Å². The van der Waals surface area contributed by atoms with Crippen LogP contribution in [0.4, 0.5) is 4.79 Å². The van der Waals surface area contributed by atoms with Crippen LogP contribution in [0.15, 0.2) is 50.6 Å². The van der Waals surface area contributed by atoms with E-state index < -0.39 is 48.1 Å². The molecule has 1 heterocycles. The third-order valence-electron chi connectivity index (χ3n) is 10.3. The van der Waals surface area contributed by atoms with Crippen LogP contribution in [0.5, 0.6) is 0 Å². The molecule has 1 fully saturated rings. The Morgan fingerprint density at radius 2 is 0.839 bits per heavy atom. The van der Waals surface area contributed by atoms with Gasteiger partial charge in [0.1, 0.15) is 77.1 Å². The molecule has 26 nitrogen and oxygen atoms in total. The second-order valence-electron chi connectivity index (χ2n) is 16.9. The lowest BCUT2D eigenvalue weighted by atomic mass is 10.2. The summed E-state index contributed by atoms with van der Waals surface area (Å²) in [7, 11) is 5.01. The minimum Gasteiger partial charge on any atom is -0.462 e. The minimum absolute atomic E-state index is 0.00230. The maximum Gasteiger partial charge on any atom is 0.330 e. The molecule has 0 aliphatic carbocycles. The topological polar surface area (TPSA) is 326 Å². The van der Waals surface area contributed by atoms with E-state index in [9.17, 15) is 67.1 Å². The number of thioether (sulfide) groups is 4. The molecule has 0 spiro atoms. The zero-order valence-electron chi connectivity index (χ0n) is 50.9. The number of rotatable bonds is 47. The number of hydrogen-bond donors (Lipinski definition) is 0. The van der Waals surface area contributed by atoms with Crippen molar-refractivity contribution in [3.05, 3.63) is 50.6 Å². The Hall–Kier alpha value is -6.18. The smallest absolute Gasteiger partial charge is 0.330 e. The van der Waals surface area contributed by atoms with Gasteiger partial charge >= 0.3 is 41.8 Å². The number of urea groups is 1. The first-order valence-electron chi connectivity index (χ1n) is 27.4. The molecule has 1 saturated heterocycles. The Balaban J connectivity index is -0.000000720. The molecule has 0 aromatic heterocycles. The summed E-state index contributed by atoms with van der Waals surface area (Å²) in [6, 6.07) is -0.157. The Morgan fingerprint density at radius 3 is 1.26 bits per heavy atom. The van der Waals surface area contributed by atoms with Crippen LogP contribution in [0.1, 0.15) is 77.0 Å². The Morgan fingerprint density at radius 1 is 0.471 bits per heavy atom. The molecular weight excluding hydrogens is 1220 g/mol. The van der Waals surface area contributed by atoms with E-state index in [1.165, 1.54) is 11.8 Å². The number of ether oxygens (including phenoxy) is 8. The molecular formula is C57H90N4O22S4. The minimum atomic E-state index is -0.613. The molecule has 3 amide bonds. The number of esters is 6. The van der Waals surface area contributed by atoms with Gasteiger partial charge in [0.25, 0.3) is 0 Å². The molecule has 0 bridgehead atoms. The predicted molar refractivity (Wildman–Crippen MR) is 333 cm³/mol. The molecule has 30 heteroatoms. The highest BCUT2D eigenvalue weighted by molar-refractivity contribution is 8.13. The van der Waals surface area contributed by atoms with Gasteiger partial charge in [-0.3, -0.25) is 28.9 Å². The van der Waals surface area contributed by atoms with Crippen molar-refractivity contribution in [1.82, 2.24) is 19.6 Å². The van der Waals surface area contributed by atoms with Crippen LogP contribution in [0.3, 0.4) is 0 Å². The van der Waals surface area contributed by atoms with Crippen LogP contribution in [-0.4, -0.2) is 251 Å². The number of aldehydes is 4. The number of unbranched alkanes of at least 4 members (excludes halogenated alkanes) is 1. The van der Waals surface area contributed by atoms with Crippen LogP contribution < -0.4 is 0 Å². The summed E-state index contributed by atoms with van der Waals surface area (Å²) < 4.78 is 37.2. The largest absolute Gasteiger partial charge is 0.462 e. The fourth-order valence-corrected chi connectivity index (χ4v) is 8.67. The van der Waals surface area contributed by atoms with E-state index in [1.54, 1.807) is 52.4 Å². The maximum absolute atomic E-state index is 14.0. The molecule has 0 N–H and O–H groups in total. The fourth-order valence-electron chi connectivity index (χ4n) is 6.32. The van der Waals surface area contributed by atoms with Crippen molar-refractivity contribution in [1.29, 1.82) is 0 Å². The third-order valence-corrected chi connectivity index (χ3v) is 13.8. The molecule has 2 atom stereocenters. The van der Waals surface area contributed by atoms with Gasteiger partial charge < -0.3 is 71.8 Å². The molecule has 494 valence electrons. The number of hydrogen-bond acceptors (Lipinski definition) is 27. The molecule has 87 heavy (non-hydrogen) atoms. The second kappa shape index (κ2) is 64.3. The number of carbonyl (C=O) groups excluding carboxylic acids is 14. The van der Waals surface area contributed by atoms with E-state index in [2.05, 4.69) is 59.6 Å². The van der Waals surface area contributed by atoms with Crippen LogP contribution >= 0.6 is 47.0 Å². The molecule has 1 rings (SSSR count). The SMILES string of the molecule is C=CC(=O)OCCOC.C=CC(=O)OCCOC.C=CC(=O)OCCOC(=O)CCC(=O)SCCCN1C(=O)N(CCCSC)C(N(C=O)CCCSC)C1N(C)CCCSC(=O)CCC=O.C=CC(=O)OCCOC(=O)CCC=O.O=CCCC=O. The first-order chi connectivity index (χ1) is 41.9. The van der Waals surface area contributed by atoms with Gasteiger partial charge in [-0.1, -0.05) is 49.8 Å². The fraction of sp³-hybridized carbons (Fsp3) is 0.614. The predicted octanol–water partition coefficient (Wildman–Crippen LogP) is 4.73. The van der Waals surface area contributed by atoms with E-state index >= 15 is 0 Å². The molecule has 0 saturated carbocycles. The van der Waals surface area contributed by atoms with Gasteiger partial charge in [0.2, 0.25) is 6.41 Å². The summed E-state index contributed by atoms with van der Waals surface area (Å²) in [5, 5.41) is -0.198. The molecule has 1 aliphatic heterocycles. The van der Waals surface area contributed by atoms with Gasteiger partial charge in [0, 0.05) is 115 Å². The zero-order chi connectivity index (χ0) is 66.3. The number of carbonyl (C=O) groups is 14. The monoisotopic (exact) mass is 1310 g/mol. The molecule has 2 unspecified atom stereocenters. The molecule has 1 aliphatic rings. The van der Waals surface area contributed by atoms with Crippen LogP contribution in [-0.2, 0) is 100 Å². The van der Waals surface area contributed by atoms with Crippen LogP contribution in [0.2, 0.25) is 0 Å². The normalized spacial score (nSPS) is 12.6. The average Bonchev–Trinajstić information content (AvgIpc) is 1.81. The van der Waals surface area contributed by atoms with Crippen molar-refractivity contribution >= 4 is 131 Å². The van der Waals surface area contributed by atoms with Crippen molar-refractivity contribution in [2.24, 2.45) is 0 Å². The van der Waals surface area contributed by atoms with Crippen molar-refractivity contribution < 1.29 is 105 Å². The van der Waals surface area contributed by atoms with E-state index in [0.29, 0.717) is 96.1 Å². The van der Waals surface area contributed by atoms with Crippen molar-refractivity contribution in [2.45, 2.75) is 89.4 Å². The highest BCUT2D eigenvalue weighted by atomic mass is 32.2. The maximum atomic E-state index is 14.0. The number of likely N-dealkylation sites (N-methyl/N-ethyl adjacent to an activating group) is 1. The van der Waals surface area contributed by atoms with Gasteiger partial charge in [-0.05, 0) is 56.7 Å². The summed E-state index contributed by atoms with van der Waals surface area (Å²) in [6.07, 6.45) is 15.1. The Labute approximate surface area is 528 Å². The summed E-state index contributed by atoms with van der Waals surface area (Å²) in [5.41, 5.74) is 0. The van der Waals surface area contributed by atoms with Crippen molar-refractivity contribution in [2.75, 3.05) is 136 Å².